The second-order valence-electron chi connectivity index (χ2n) is 5.18. The maximum atomic E-state index is 12.3. The molecule has 3 atom stereocenters. The summed E-state index contributed by atoms with van der Waals surface area (Å²) in [6.45, 7) is 0. The summed E-state index contributed by atoms with van der Waals surface area (Å²) in [6.07, 6.45) is 6.59. The number of nitrogens with zero attached hydrogens (tertiary/aromatic N) is 2. The van der Waals surface area contributed by atoms with Crippen LogP contribution in [0.3, 0.4) is 0 Å². The molecular weight excluding hydrogens is 212 g/mol. The van der Waals surface area contributed by atoms with Crippen LogP contribution in [0.15, 0.2) is 24.5 Å². The molecule has 2 saturated carbocycles. The van der Waals surface area contributed by atoms with E-state index in [0.717, 1.165) is 30.2 Å². The van der Waals surface area contributed by atoms with Crippen LogP contribution in [0.5, 0.6) is 0 Å². The number of ketones is 1. The Kier molecular flexibility index (Phi) is 2.44. The van der Waals surface area contributed by atoms with Gasteiger partial charge in [-0.05, 0) is 42.7 Å². The number of Topliss-reactive ketones (excluding diaryl/α,β-unsaturated/α-hetero) is 1. The monoisotopic (exact) mass is 226 g/mol. The van der Waals surface area contributed by atoms with Crippen LogP contribution in [0.1, 0.15) is 30.7 Å². The van der Waals surface area contributed by atoms with Crippen molar-refractivity contribution in [1.82, 2.24) is 4.98 Å². The zero-order chi connectivity index (χ0) is 11.8. The summed E-state index contributed by atoms with van der Waals surface area (Å²) in [7, 11) is 0. The van der Waals surface area contributed by atoms with Gasteiger partial charge in [0.2, 0.25) is 0 Å². The number of aromatic nitrogens is 1. The first kappa shape index (κ1) is 10.5. The van der Waals surface area contributed by atoms with E-state index in [1.54, 1.807) is 18.5 Å². The maximum Gasteiger partial charge on any atom is 0.157 e. The Morgan fingerprint density at radius 3 is 2.76 bits per heavy atom. The second kappa shape index (κ2) is 3.96. The van der Waals surface area contributed by atoms with Gasteiger partial charge in [0.1, 0.15) is 5.92 Å². The van der Waals surface area contributed by atoms with Gasteiger partial charge in [-0.1, -0.05) is 6.07 Å². The predicted molar refractivity (Wildman–Crippen MR) is 61.9 cm³/mol. The maximum absolute atomic E-state index is 12.3. The Labute approximate surface area is 100 Å². The number of hydrogen-bond acceptors (Lipinski definition) is 3. The first-order valence-corrected chi connectivity index (χ1v) is 6.13. The van der Waals surface area contributed by atoms with Gasteiger partial charge in [0, 0.05) is 18.3 Å². The molecule has 1 aromatic rings. The molecule has 0 aliphatic heterocycles. The van der Waals surface area contributed by atoms with E-state index in [0.29, 0.717) is 0 Å². The molecule has 3 unspecified atom stereocenters. The molecular formula is C14H14N2O. The highest BCUT2D eigenvalue weighted by Gasteiger charge is 2.49. The number of nitriles is 1. The molecule has 3 nitrogen and oxygen atoms in total. The second-order valence-corrected chi connectivity index (χ2v) is 5.18. The van der Waals surface area contributed by atoms with E-state index in [9.17, 15) is 10.1 Å². The van der Waals surface area contributed by atoms with Gasteiger partial charge in [-0.3, -0.25) is 9.78 Å². The normalized spacial score (nSPS) is 31.4. The Morgan fingerprint density at radius 2 is 2.18 bits per heavy atom. The summed E-state index contributed by atoms with van der Waals surface area (Å²) in [5.74, 6) is 1.15. The number of pyridine rings is 1. The van der Waals surface area contributed by atoms with Crippen LogP contribution in [0.25, 0.3) is 0 Å². The highest BCUT2D eigenvalue weighted by Crippen LogP contribution is 2.55. The molecule has 2 fully saturated rings. The minimum atomic E-state index is -0.619. The van der Waals surface area contributed by atoms with Crippen molar-refractivity contribution in [2.24, 2.45) is 17.8 Å². The van der Waals surface area contributed by atoms with Gasteiger partial charge in [-0.15, -0.1) is 0 Å². The molecule has 1 aromatic heterocycles. The van der Waals surface area contributed by atoms with Gasteiger partial charge in [-0.25, -0.2) is 0 Å². The van der Waals surface area contributed by atoms with E-state index in [1.165, 1.54) is 6.42 Å². The van der Waals surface area contributed by atoms with E-state index >= 15 is 0 Å². The minimum absolute atomic E-state index is 0.104. The molecule has 2 aliphatic carbocycles. The Balaban J connectivity index is 1.77. The van der Waals surface area contributed by atoms with E-state index < -0.39 is 5.92 Å². The lowest BCUT2D eigenvalue weighted by Gasteiger charge is -2.14. The summed E-state index contributed by atoms with van der Waals surface area (Å²) in [5.41, 5.74) is 0.737. The molecule has 0 bridgehead atoms. The van der Waals surface area contributed by atoms with Crippen molar-refractivity contribution in [1.29, 1.82) is 5.26 Å². The van der Waals surface area contributed by atoms with E-state index in [4.69, 9.17) is 0 Å². The van der Waals surface area contributed by atoms with Crippen molar-refractivity contribution in [3.63, 3.8) is 0 Å². The van der Waals surface area contributed by atoms with Crippen LogP contribution in [0.4, 0.5) is 0 Å². The van der Waals surface area contributed by atoms with E-state index in [1.807, 2.05) is 6.07 Å². The first-order chi connectivity index (χ1) is 8.29. The zero-order valence-electron chi connectivity index (χ0n) is 9.54. The Morgan fingerprint density at radius 1 is 1.41 bits per heavy atom. The van der Waals surface area contributed by atoms with Crippen LogP contribution >= 0.6 is 0 Å². The molecule has 1 heterocycles. The molecule has 86 valence electrons. The molecule has 17 heavy (non-hydrogen) atoms. The van der Waals surface area contributed by atoms with Crippen molar-refractivity contribution in [3.8, 4) is 6.07 Å². The fourth-order valence-corrected chi connectivity index (χ4v) is 3.03. The zero-order valence-corrected chi connectivity index (χ0v) is 9.54. The first-order valence-electron chi connectivity index (χ1n) is 6.13. The number of rotatable bonds is 3. The van der Waals surface area contributed by atoms with Crippen LogP contribution < -0.4 is 0 Å². The average molecular weight is 226 g/mol. The largest absolute Gasteiger partial charge is 0.298 e. The van der Waals surface area contributed by atoms with Gasteiger partial charge in [0.05, 0.1) is 6.07 Å². The van der Waals surface area contributed by atoms with Crippen LogP contribution in [-0.2, 0) is 4.79 Å². The molecule has 0 radical (unpaired) electrons. The lowest BCUT2D eigenvalue weighted by molar-refractivity contribution is -0.123. The quantitative estimate of drug-likeness (QED) is 0.794. The fourth-order valence-electron chi connectivity index (χ4n) is 3.03. The number of fused-ring (bicyclic) bond motifs is 1. The molecule has 3 heteroatoms. The van der Waals surface area contributed by atoms with Gasteiger partial charge in [0.25, 0.3) is 0 Å². The standard InChI is InChI=1S/C14H14N2O/c15-7-13(9-2-1-3-16-8-9)14(17)12-5-10-4-11(10)6-12/h1-3,8,10-13H,4-6H2. The van der Waals surface area contributed by atoms with Gasteiger partial charge < -0.3 is 0 Å². The predicted octanol–water partition coefficient (Wildman–Crippen LogP) is 2.30. The summed E-state index contributed by atoms with van der Waals surface area (Å²) < 4.78 is 0. The molecule has 3 rings (SSSR count). The summed E-state index contributed by atoms with van der Waals surface area (Å²) in [5, 5.41) is 9.19. The molecule has 0 amide bonds. The summed E-state index contributed by atoms with van der Waals surface area (Å²) in [6, 6.07) is 5.73. The SMILES string of the molecule is N#CC(C(=O)C1CC2CC2C1)c1cccnc1. The van der Waals surface area contributed by atoms with Crippen LogP contribution in [0, 0.1) is 29.1 Å². The molecule has 0 spiro atoms. The van der Waals surface area contributed by atoms with Crippen molar-refractivity contribution in [3.05, 3.63) is 30.1 Å². The van der Waals surface area contributed by atoms with Crippen molar-refractivity contribution >= 4 is 5.78 Å². The smallest absolute Gasteiger partial charge is 0.157 e. The van der Waals surface area contributed by atoms with Crippen molar-refractivity contribution < 1.29 is 4.79 Å². The Bertz CT molecular complexity index is 467. The highest BCUT2D eigenvalue weighted by molar-refractivity contribution is 5.90. The van der Waals surface area contributed by atoms with Gasteiger partial charge in [-0.2, -0.15) is 5.26 Å². The summed E-state index contributed by atoms with van der Waals surface area (Å²) >= 11 is 0. The summed E-state index contributed by atoms with van der Waals surface area (Å²) in [4.78, 5) is 16.3. The third-order valence-electron chi connectivity index (χ3n) is 4.08. The average Bonchev–Trinajstić information content (AvgIpc) is 2.98. The van der Waals surface area contributed by atoms with Gasteiger partial charge >= 0.3 is 0 Å². The third-order valence-corrected chi connectivity index (χ3v) is 4.08. The van der Waals surface area contributed by atoms with Crippen LogP contribution in [-0.4, -0.2) is 10.8 Å². The van der Waals surface area contributed by atoms with E-state index in [2.05, 4.69) is 11.1 Å². The molecule has 0 aromatic carbocycles. The topological polar surface area (TPSA) is 53.8 Å². The Hall–Kier alpha value is -1.69. The van der Waals surface area contributed by atoms with E-state index in [-0.39, 0.29) is 11.7 Å². The van der Waals surface area contributed by atoms with Crippen molar-refractivity contribution in [2.75, 3.05) is 0 Å². The minimum Gasteiger partial charge on any atom is -0.298 e. The molecule has 0 N–H and O–H groups in total. The lowest BCUT2D eigenvalue weighted by atomic mass is 9.86. The number of hydrogen-bond donors (Lipinski definition) is 0. The van der Waals surface area contributed by atoms with Gasteiger partial charge in [0.15, 0.2) is 5.78 Å². The molecule has 0 saturated heterocycles. The highest BCUT2D eigenvalue weighted by atomic mass is 16.1. The fraction of sp³-hybridized carbons (Fsp3) is 0.500. The van der Waals surface area contributed by atoms with Crippen molar-refractivity contribution in [2.45, 2.75) is 25.2 Å². The van der Waals surface area contributed by atoms with Crippen LogP contribution in [0.2, 0.25) is 0 Å². The third kappa shape index (κ3) is 1.84. The number of carbonyl (C=O) groups excluding carboxylic acids is 1. The number of carbonyl (C=O) groups is 1. The lowest BCUT2D eigenvalue weighted by Crippen LogP contribution is -2.20. The molecule has 2 aliphatic rings.